The molecular weight excluding hydrogens is 275 g/mol. The number of halogens is 5. The summed E-state index contributed by atoms with van der Waals surface area (Å²) in [5, 5.41) is 0. The predicted octanol–water partition coefficient (Wildman–Crippen LogP) is 3.32. The third kappa shape index (κ3) is 6.03. The van der Waals surface area contributed by atoms with Crippen LogP contribution in [0.1, 0.15) is 12.0 Å². The van der Waals surface area contributed by atoms with E-state index in [0.29, 0.717) is 12.4 Å². The molecule has 3 nitrogen and oxygen atoms in total. The normalized spacial score (nSPS) is 11.5. The van der Waals surface area contributed by atoms with Crippen molar-refractivity contribution in [3.8, 4) is 11.5 Å². The van der Waals surface area contributed by atoms with Crippen LogP contribution in [0.5, 0.6) is 11.5 Å². The molecule has 0 heterocycles. The van der Waals surface area contributed by atoms with Crippen LogP contribution in [0.3, 0.4) is 0 Å². The van der Waals surface area contributed by atoms with Gasteiger partial charge in [-0.2, -0.15) is 8.78 Å². The number of hydrogen-bond acceptors (Lipinski definition) is 3. The van der Waals surface area contributed by atoms with Crippen molar-refractivity contribution in [2.45, 2.75) is 25.8 Å². The van der Waals surface area contributed by atoms with E-state index >= 15 is 0 Å². The Morgan fingerprint density at radius 1 is 1.16 bits per heavy atom. The molecule has 0 bridgehead atoms. The van der Waals surface area contributed by atoms with E-state index in [4.69, 9.17) is 0 Å². The van der Waals surface area contributed by atoms with Gasteiger partial charge in [-0.05, 0) is 24.1 Å². The van der Waals surface area contributed by atoms with Gasteiger partial charge in [0.25, 0.3) is 0 Å². The Labute approximate surface area is 104 Å². The van der Waals surface area contributed by atoms with Gasteiger partial charge in [-0.15, -0.1) is 13.2 Å². The summed E-state index contributed by atoms with van der Waals surface area (Å²) < 4.78 is 67.9. The van der Waals surface area contributed by atoms with Gasteiger partial charge >= 0.3 is 13.0 Å². The molecule has 0 amide bonds. The summed E-state index contributed by atoms with van der Waals surface area (Å²) in [6.45, 7) is -3.17. The number of ether oxygens (including phenoxy) is 2. The fourth-order valence-corrected chi connectivity index (χ4v) is 1.36. The fourth-order valence-electron chi connectivity index (χ4n) is 1.36. The summed E-state index contributed by atoms with van der Waals surface area (Å²) in [7, 11) is 0. The zero-order valence-corrected chi connectivity index (χ0v) is 9.42. The molecule has 0 saturated heterocycles. The highest BCUT2D eigenvalue weighted by atomic mass is 19.4. The molecule has 0 aliphatic carbocycles. The first-order valence-corrected chi connectivity index (χ1v) is 5.08. The van der Waals surface area contributed by atoms with E-state index in [-0.39, 0.29) is 18.4 Å². The lowest BCUT2D eigenvalue weighted by atomic mass is 10.1. The van der Waals surface area contributed by atoms with Crippen molar-refractivity contribution in [1.29, 1.82) is 0 Å². The zero-order valence-electron chi connectivity index (χ0n) is 9.42. The monoisotopic (exact) mass is 284 g/mol. The summed E-state index contributed by atoms with van der Waals surface area (Å²) >= 11 is 0. The molecule has 0 atom stereocenters. The van der Waals surface area contributed by atoms with Gasteiger partial charge in [-0.25, -0.2) is 0 Å². The van der Waals surface area contributed by atoms with Crippen LogP contribution in [0.25, 0.3) is 0 Å². The number of carbonyl (C=O) groups is 1. The van der Waals surface area contributed by atoms with Gasteiger partial charge in [0, 0.05) is 12.5 Å². The molecule has 106 valence electrons. The molecule has 19 heavy (non-hydrogen) atoms. The molecule has 0 N–H and O–H groups in total. The fraction of sp³-hybridized carbons (Fsp3) is 0.364. The molecular formula is C11H9F5O3. The molecule has 1 aromatic rings. The minimum Gasteiger partial charge on any atom is -0.435 e. The number of hydrogen-bond donors (Lipinski definition) is 0. The molecule has 1 aromatic carbocycles. The second-order valence-corrected chi connectivity index (χ2v) is 3.44. The van der Waals surface area contributed by atoms with Crippen molar-refractivity contribution < 1.29 is 36.2 Å². The highest BCUT2D eigenvalue weighted by Gasteiger charge is 2.31. The summed E-state index contributed by atoms with van der Waals surface area (Å²) in [5.41, 5.74) is 0.226. The Kier molecular flexibility index (Phi) is 5.08. The van der Waals surface area contributed by atoms with Crippen molar-refractivity contribution in [3.05, 3.63) is 23.8 Å². The molecule has 0 saturated carbocycles. The van der Waals surface area contributed by atoms with Crippen LogP contribution in [-0.4, -0.2) is 19.3 Å². The van der Waals surface area contributed by atoms with Gasteiger partial charge in [0.2, 0.25) is 0 Å². The SMILES string of the molecule is O=CCCc1cc(OC(F)F)cc(OC(F)(F)F)c1. The van der Waals surface area contributed by atoms with Crippen LogP contribution in [0.15, 0.2) is 18.2 Å². The number of aryl methyl sites for hydroxylation is 1. The second kappa shape index (κ2) is 6.35. The third-order valence-electron chi connectivity index (χ3n) is 1.95. The van der Waals surface area contributed by atoms with Crippen molar-refractivity contribution in [3.63, 3.8) is 0 Å². The Balaban J connectivity index is 2.97. The third-order valence-corrected chi connectivity index (χ3v) is 1.95. The van der Waals surface area contributed by atoms with E-state index in [0.717, 1.165) is 12.1 Å². The summed E-state index contributed by atoms with van der Waals surface area (Å²) in [4.78, 5) is 10.2. The van der Waals surface area contributed by atoms with Crippen molar-refractivity contribution >= 4 is 6.29 Å². The highest BCUT2D eigenvalue weighted by Crippen LogP contribution is 2.29. The molecule has 0 fully saturated rings. The molecule has 0 unspecified atom stereocenters. The summed E-state index contributed by atoms with van der Waals surface area (Å²) in [5.74, 6) is -1.14. The van der Waals surface area contributed by atoms with Crippen LogP contribution < -0.4 is 9.47 Å². The highest BCUT2D eigenvalue weighted by molar-refractivity contribution is 5.50. The maximum atomic E-state index is 12.1. The van der Waals surface area contributed by atoms with E-state index in [9.17, 15) is 26.7 Å². The van der Waals surface area contributed by atoms with Gasteiger partial charge in [0.1, 0.15) is 17.8 Å². The first-order chi connectivity index (χ1) is 8.80. The number of carbonyl (C=O) groups excluding carboxylic acids is 1. The van der Waals surface area contributed by atoms with Crippen LogP contribution in [0, 0.1) is 0 Å². The Hall–Kier alpha value is -1.86. The largest absolute Gasteiger partial charge is 0.573 e. The average molecular weight is 284 g/mol. The lowest BCUT2D eigenvalue weighted by Gasteiger charge is -2.12. The predicted molar refractivity (Wildman–Crippen MR) is 54.1 cm³/mol. The average Bonchev–Trinajstić information content (AvgIpc) is 2.22. The van der Waals surface area contributed by atoms with Crippen molar-refractivity contribution in [1.82, 2.24) is 0 Å². The molecule has 0 aliphatic rings. The van der Waals surface area contributed by atoms with Crippen LogP contribution in [-0.2, 0) is 11.2 Å². The number of aldehydes is 1. The van der Waals surface area contributed by atoms with E-state index in [1.807, 2.05) is 0 Å². The zero-order chi connectivity index (χ0) is 14.5. The second-order valence-electron chi connectivity index (χ2n) is 3.44. The number of rotatable bonds is 6. The Morgan fingerprint density at radius 3 is 2.32 bits per heavy atom. The Bertz CT molecular complexity index is 431. The van der Waals surface area contributed by atoms with E-state index in [2.05, 4.69) is 9.47 Å². The van der Waals surface area contributed by atoms with Crippen molar-refractivity contribution in [2.75, 3.05) is 0 Å². The maximum Gasteiger partial charge on any atom is 0.573 e. The van der Waals surface area contributed by atoms with Gasteiger partial charge in [-0.3, -0.25) is 0 Å². The molecule has 0 radical (unpaired) electrons. The van der Waals surface area contributed by atoms with Gasteiger partial charge in [-0.1, -0.05) is 0 Å². The molecule has 0 spiro atoms. The van der Waals surface area contributed by atoms with Crippen molar-refractivity contribution in [2.24, 2.45) is 0 Å². The molecule has 1 rings (SSSR count). The van der Waals surface area contributed by atoms with Gasteiger partial charge in [0.15, 0.2) is 0 Å². The molecule has 8 heteroatoms. The van der Waals surface area contributed by atoms with Gasteiger partial charge < -0.3 is 14.3 Å². The lowest BCUT2D eigenvalue weighted by molar-refractivity contribution is -0.274. The molecule has 0 aliphatic heterocycles. The minimum absolute atomic E-state index is 0.0452. The molecule has 0 aromatic heterocycles. The van der Waals surface area contributed by atoms with Crippen LogP contribution in [0.2, 0.25) is 0 Å². The quantitative estimate of drug-likeness (QED) is 0.594. The number of benzene rings is 1. The maximum absolute atomic E-state index is 12.1. The number of alkyl halides is 5. The van der Waals surface area contributed by atoms with E-state index in [1.54, 1.807) is 0 Å². The van der Waals surface area contributed by atoms with Gasteiger partial charge in [0.05, 0.1) is 0 Å². The van der Waals surface area contributed by atoms with Crippen LogP contribution in [0.4, 0.5) is 22.0 Å². The summed E-state index contributed by atoms with van der Waals surface area (Å²) in [6, 6.07) is 2.83. The smallest absolute Gasteiger partial charge is 0.435 e. The minimum atomic E-state index is -4.94. The first kappa shape index (κ1) is 15.2. The standard InChI is InChI=1S/C11H9F5O3/c12-10(13)18-8-4-7(2-1-3-17)5-9(6-8)19-11(14,15)16/h3-6,10H,1-2H2. The Morgan fingerprint density at radius 2 is 1.79 bits per heavy atom. The lowest BCUT2D eigenvalue weighted by Crippen LogP contribution is -2.17. The first-order valence-electron chi connectivity index (χ1n) is 5.08. The van der Waals surface area contributed by atoms with E-state index < -0.39 is 24.5 Å². The topological polar surface area (TPSA) is 35.5 Å². The van der Waals surface area contributed by atoms with Crippen LogP contribution >= 0.6 is 0 Å². The van der Waals surface area contributed by atoms with E-state index in [1.165, 1.54) is 0 Å². The summed E-state index contributed by atoms with van der Waals surface area (Å²) in [6.07, 6.45) is -4.24.